The number of aliphatic carboxylic acids is 1. The molecule has 1 spiro atoms. The molecule has 1 aromatic carbocycles. The minimum absolute atomic E-state index is 0.0450. The number of aryl methyl sites for hydroxylation is 1. The second-order valence-electron chi connectivity index (χ2n) is 18.8. The van der Waals surface area contributed by atoms with E-state index in [2.05, 4.69) is 13.0 Å². The second kappa shape index (κ2) is 16.7. The van der Waals surface area contributed by atoms with Crippen molar-refractivity contribution >= 4 is 23.7 Å². The quantitative estimate of drug-likeness (QED) is 0.120. The first-order valence-corrected chi connectivity index (χ1v) is 21.6. The molecule has 14 atom stereocenters. The van der Waals surface area contributed by atoms with Gasteiger partial charge in [-0.05, 0) is 102 Å². The molecule has 0 amide bonds. The third kappa shape index (κ3) is 7.40. The fraction of sp³-hybridized carbons (Fsp3) is 0.583. The van der Waals surface area contributed by atoms with E-state index in [1.807, 2.05) is 39.8 Å². The number of aliphatic hydroxyl groups is 3. The summed E-state index contributed by atoms with van der Waals surface area (Å²) in [6.07, 6.45) is 2.22. The van der Waals surface area contributed by atoms with Crippen LogP contribution in [0, 0.1) is 47.8 Å². The number of benzene rings is 1. The highest BCUT2D eigenvalue weighted by Gasteiger charge is 2.64. The van der Waals surface area contributed by atoms with Crippen molar-refractivity contribution < 1.29 is 68.4 Å². The van der Waals surface area contributed by atoms with Gasteiger partial charge in [0.25, 0.3) is 0 Å². The maximum absolute atomic E-state index is 15.0. The molecule has 62 heavy (non-hydrogen) atoms. The Morgan fingerprint density at radius 2 is 1.63 bits per heavy atom. The molecule has 3 fully saturated rings. The molecule has 2 saturated heterocycles. The van der Waals surface area contributed by atoms with Crippen molar-refractivity contribution in [1.82, 2.24) is 0 Å². The lowest BCUT2D eigenvalue weighted by Gasteiger charge is -2.57. The smallest absolute Gasteiger partial charge is 0.346 e. The molecule has 14 nitrogen and oxygen atoms in total. The van der Waals surface area contributed by atoms with Crippen LogP contribution in [0.5, 0.6) is 11.5 Å². The normalized spacial score (nSPS) is 38.6. The van der Waals surface area contributed by atoms with Gasteiger partial charge in [0.05, 0.1) is 19.3 Å². The van der Waals surface area contributed by atoms with Crippen molar-refractivity contribution in [3.8, 4) is 11.5 Å². The first-order valence-electron chi connectivity index (χ1n) is 21.6. The van der Waals surface area contributed by atoms with Crippen molar-refractivity contribution in [2.45, 2.75) is 130 Å². The predicted octanol–water partition coefficient (Wildman–Crippen LogP) is 6.36. The number of carbonyl (C=O) groups excluding carboxylic acids is 3. The van der Waals surface area contributed by atoms with Crippen LogP contribution in [0.3, 0.4) is 0 Å². The summed E-state index contributed by atoms with van der Waals surface area (Å²) in [4.78, 5) is 54.9. The third-order valence-corrected chi connectivity index (χ3v) is 14.7. The number of phenols is 1. The van der Waals surface area contributed by atoms with E-state index in [4.69, 9.17) is 23.7 Å². The summed E-state index contributed by atoms with van der Waals surface area (Å²) in [5, 5.41) is 55.8. The summed E-state index contributed by atoms with van der Waals surface area (Å²) in [7, 11) is 1.34. The van der Waals surface area contributed by atoms with Crippen molar-refractivity contribution in [3.63, 3.8) is 0 Å². The molecule has 7 rings (SSSR count). The number of Topliss-reactive ketones (excluding diaryl/α,β-unsaturated/α-hetero) is 1. The van der Waals surface area contributed by atoms with Crippen LogP contribution >= 0.6 is 0 Å². The zero-order chi connectivity index (χ0) is 45.3. The van der Waals surface area contributed by atoms with Crippen LogP contribution in [-0.4, -0.2) is 98.7 Å². The van der Waals surface area contributed by atoms with Crippen LogP contribution in [0.15, 0.2) is 70.1 Å². The number of methoxy groups -OCH3 is 1. The van der Waals surface area contributed by atoms with Gasteiger partial charge in [0, 0.05) is 29.4 Å². The molecule has 1 aromatic rings. The molecule has 4 aliphatic carbocycles. The Morgan fingerprint density at radius 1 is 0.935 bits per heavy atom. The molecule has 0 radical (unpaired) electrons. The number of carbonyl (C=O) groups is 4. The molecular formula is C48H60O14. The lowest BCUT2D eigenvalue weighted by molar-refractivity contribution is -0.310. The summed E-state index contributed by atoms with van der Waals surface area (Å²) in [6.45, 7) is 14.8. The third-order valence-electron chi connectivity index (χ3n) is 14.7. The number of aromatic hydroxyl groups is 1. The minimum Gasteiger partial charge on any atom is -0.511 e. The first-order chi connectivity index (χ1) is 29.2. The van der Waals surface area contributed by atoms with E-state index in [1.54, 1.807) is 20.8 Å². The molecule has 14 heteroatoms. The van der Waals surface area contributed by atoms with Crippen molar-refractivity contribution in [1.29, 1.82) is 0 Å². The van der Waals surface area contributed by atoms with Crippen LogP contribution in [-0.2, 0) is 33.3 Å². The molecule has 1 saturated carbocycles. The van der Waals surface area contributed by atoms with E-state index in [0.29, 0.717) is 31.2 Å². The van der Waals surface area contributed by atoms with Gasteiger partial charge in [0.15, 0.2) is 18.0 Å². The Balaban J connectivity index is 1.23. The summed E-state index contributed by atoms with van der Waals surface area (Å²) in [6, 6.07) is 2.65. The number of ether oxygens (including phenoxy) is 5. The van der Waals surface area contributed by atoms with Gasteiger partial charge in [0.1, 0.15) is 40.6 Å². The fourth-order valence-electron chi connectivity index (χ4n) is 12.0. The van der Waals surface area contributed by atoms with Crippen LogP contribution in [0.2, 0.25) is 0 Å². The van der Waals surface area contributed by atoms with E-state index in [-0.39, 0.29) is 52.6 Å². The Labute approximate surface area is 361 Å². The standard InChI is InChI=1S/C48H60O14/c1-21-11-10-12-22(2)36-25(5)17-31-32(60-46-39(51)38(50)40(27(7)59-46)61-44(56)34-24(4)16-29(49)19-33(34)58-9)14-13-23(3)37(31)47(36,8)41(52)35-42(53)48(62-45(35)57)20-26(6)30(43(54)55)18-28(48)15-21/h12-13,15-16,18-19,25-28,31-32,36-40,46,49-52H,10-11,14,17,20H2,1-9H3,(H,54,55)/t25-,26+,27+,28-,31+,32-,36+,37-,38+,39+,40+,46-,47-,48-/m1/s1. The number of phenolic OH excluding ortho intramolecular Hbond substituents is 1. The van der Waals surface area contributed by atoms with Gasteiger partial charge in [-0.3, -0.25) is 4.79 Å². The summed E-state index contributed by atoms with van der Waals surface area (Å²) >= 11 is 0. The lowest BCUT2D eigenvalue weighted by Crippen LogP contribution is -2.60. The maximum atomic E-state index is 15.0. The molecule has 5 N–H and O–H groups in total. The Kier molecular flexibility index (Phi) is 12.2. The monoisotopic (exact) mass is 860 g/mol. The van der Waals surface area contributed by atoms with E-state index >= 15 is 0 Å². The number of allylic oxidation sites excluding steroid dienone is 5. The highest BCUT2D eigenvalue weighted by Crippen LogP contribution is 2.62. The molecule has 0 unspecified atom stereocenters. The van der Waals surface area contributed by atoms with Gasteiger partial charge in [-0.2, -0.15) is 0 Å². The second-order valence-corrected chi connectivity index (χ2v) is 18.8. The number of ketones is 1. The van der Waals surface area contributed by atoms with Crippen LogP contribution in [0.25, 0.3) is 0 Å². The Bertz CT molecular complexity index is 2200. The number of rotatable bonds is 6. The zero-order valence-electron chi connectivity index (χ0n) is 36.8. The SMILES string of the molecule is COc1cc(O)cc(C)c1C(=O)O[C@@H]1[C@@H](O)[C@H](O)[C@@H](O[C@@H]2CC=C(C)[C@@H]3[C@H]2C[C@@H](C)[C@@H]2C(C)=CCCC(C)=C[C@@H]4C=C(C(=O)O)[C@@H](C)C[C@@]45OC(=O)C(=C(O)[C@@]32C)C5=O)O[C@H]1C. The largest absolute Gasteiger partial charge is 0.511 e. The zero-order valence-corrected chi connectivity index (χ0v) is 36.8. The number of fused-ring (bicyclic) bond motifs is 4. The number of carboxylic acids is 1. The fourth-order valence-corrected chi connectivity index (χ4v) is 12.0. The molecule has 6 aliphatic rings. The number of carboxylic acid groups (broad SMARTS) is 1. The average molecular weight is 861 g/mol. The van der Waals surface area contributed by atoms with E-state index in [1.165, 1.54) is 25.3 Å². The summed E-state index contributed by atoms with van der Waals surface area (Å²) in [5.41, 5.74) is -0.0264. The maximum Gasteiger partial charge on any atom is 0.346 e. The predicted molar refractivity (Wildman–Crippen MR) is 224 cm³/mol. The molecular weight excluding hydrogens is 801 g/mol. The molecule has 2 aliphatic heterocycles. The Morgan fingerprint density at radius 3 is 2.31 bits per heavy atom. The van der Waals surface area contributed by atoms with E-state index in [9.17, 15) is 44.7 Å². The molecule has 0 aromatic heterocycles. The van der Waals surface area contributed by atoms with Gasteiger partial charge in [-0.15, -0.1) is 0 Å². The van der Waals surface area contributed by atoms with Crippen LogP contribution in [0.4, 0.5) is 0 Å². The van der Waals surface area contributed by atoms with Gasteiger partial charge in [-0.1, -0.05) is 61.8 Å². The number of hydrogen-bond donors (Lipinski definition) is 5. The number of hydrogen-bond acceptors (Lipinski definition) is 13. The Hall–Kier alpha value is -4.76. The van der Waals surface area contributed by atoms with Gasteiger partial charge < -0.3 is 49.2 Å². The number of esters is 2. The first kappa shape index (κ1) is 45.3. The van der Waals surface area contributed by atoms with Gasteiger partial charge in [-0.25, -0.2) is 14.4 Å². The van der Waals surface area contributed by atoms with Crippen molar-refractivity contribution in [2.24, 2.45) is 40.9 Å². The highest BCUT2D eigenvalue weighted by molar-refractivity contribution is 6.26. The topological polar surface area (TPSA) is 216 Å². The molecule has 336 valence electrons. The highest BCUT2D eigenvalue weighted by atomic mass is 16.7. The van der Waals surface area contributed by atoms with Crippen molar-refractivity contribution in [2.75, 3.05) is 7.11 Å². The van der Waals surface area contributed by atoms with Crippen LogP contribution < -0.4 is 4.74 Å². The van der Waals surface area contributed by atoms with Crippen LogP contribution in [0.1, 0.15) is 96.5 Å². The molecule has 2 bridgehead atoms. The van der Waals surface area contributed by atoms with Gasteiger partial charge >= 0.3 is 17.9 Å². The lowest BCUT2D eigenvalue weighted by atomic mass is 9.47. The molecule has 2 heterocycles. The minimum atomic E-state index is -1.74. The van der Waals surface area contributed by atoms with E-state index < -0.39 is 94.8 Å². The summed E-state index contributed by atoms with van der Waals surface area (Å²) in [5.74, 6) is -6.73. The van der Waals surface area contributed by atoms with E-state index in [0.717, 1.165) is 16.7 Å². The number of aliphatic hydroxyl groups excluding tert-OH is 3. The summed E-state index contributed by atoms with van der Waals surface area (Å²) < 4.78 is 29.9. The average Bonchev–Trinajstić information content (AvgIpc) is 3.43. The van der Waals surface area contributed by atoms with Gasteiger partial charge in [0.2, 0.25) is 5.78 Å². The van der Waals surface area contributed by atoms with Crippen molar-refractivity contribution in [3.05, 3.63) is 81.2 Å².